The molecule has 4 fully saturated rings. The molecular formula is C26H33ClF2N6O3. The first-order valence-electron chi connectivity index (χ1n) is 13.3. The predicted octanol–water partition coefficient (Wildman–Crippen LogP) is 4.36. The van der Waals surface area contributed by atoms with Crippen molar-refractivity contribution >= 4 is 34.4 Å². The average molecular weight is 551 g/mol. The molecule has 0 saturated carbocycles. The van der Waals surface area contributed by atoms with Crippen molar-refractivity contribution in [3.63, 3.8) is 0 Å². The first-order valence-corrected chi connectivity index (χ1v) is 13.7. The van der Waals surface area contributed by atoms with Gasteiger partial charge in [-0.3, -0.25) is 9.80 Å². The SMILES string of the molecule is CC(C)(C)OC(=O)N1C2CCC1CN(c1nc(OC[C@@]34CCCN3CC(F)C4)nc3c(F)c(Cl)ncc13)C2. The lowest BCUT2D eigenvalue weighted by molar-refractivity contribution is 0.0122. The topological polar surface area (TPSA) is 83.9 Å². The van der Waals surface area contributed by atoms with E-state index in [-0.39, 0.29) is 47.0 Å². The van der Waals surface area contributed by atoms with Gasteiger partial charge in [-0.25, -0.2) is 18.6 Å². The highest BCUT2D eigenvalue weighted by Crippen LogP contribution is 2.41. The number of hydrogen-bond donors (Lipinski definition) is 0. The van der Waals surface area contributed by atoms with E-state index in [1.807, 2.05) is 30.6 Å². The molecule has 4 aliphatic rings. The third-order valence-electron chi connectivity index (χ3n) is 8.22. The number of aromatic nitrogens is 3. The Kier molecular flexibility index (Phi) is 6.29. The molecule has 4 saturated heterocycles. The van der Waals surface area contributed by atoms with Crippen molar-refractivity contribution in [3.8, 4) is 6.01 Å². The van der Waals surface area contributed by atoms with Gasteiger partial charge < -0.3 is 14.4 Å². The van der Waals surface area contributed by atoms with Crippen LogP contribution in [0.3, 0.4) is 0 Å². The molecule has 9 nitrogen and oxygen atoms in total. The molecule has 2 aromatic rings. The zero-order chi connectivity index (χ0) is 26.8. The van der Waals surface area contributed by atoms with Crippen LogP contribution in [0.25, 0.3) is 10.9 Å². The molecular weight excluding hydrogens is 518 g/mol. The van der Waals surface area contributed by atoms with Crippen LogP contribution in [0.1, 0.15) is 52.9 Å². The van der Waals surface area contributed by atoms with Crippen molar-refractivity contribution in [1.29, 1.82) is 0 Å². The lowest BCUT2D eigenvalue weighted by Crippen LogP contribution is -2.57. The highest BCUT2D eigenvalue weighted by Gasteiger charge is 2.49. The lowest BCUT2D eigenvalue weighted by Gasteiger charge is -2.42. The Hall–Kier alpha value is -2.53. The zero-order valence-corrected chi connectivity index (χ0v) is 22.7. The zero-order valence-electron chi connectivity index (χ0n) is 21.9. The van der Waals surface area contributed by atoms with Gasteiger partial charge >= 0.3 is 12.1 Å². The van der Waals surface area contributed by atoms with Crippen molar-refractivity contribution in [2.24, 2.45) is 0 Å². The second-order valence-electron chi connectivity index (χ2n) is 12.0. The molecule has 6 heterocycles. The lowest BCUT2D eigenvalue weighted by atomic mass is 9.95. The summed E-state index contributed by atoms with van der Waals surface area (Å²) in [5.74, 6) is -0.247. The van der Waals surface area contributed by atoms with E-state index in [1.165, 1.54) is 6.20 Å². The fourth-order valence-electron chi connectivity index (χ4n) is 6.64. The molecule has 38 heavy (non-hydrogen) atoms. The van der Waals surface area contributed by atoms with E-state index in [0.29, 0.717) is 37.3 Å². The fraction of sp³-hybridized carbons (Fsp3) is 0.692. The van der Waals surface area contributed by atoms with E-state index in [1.54, 1.807) is 0 Å². The number of pyridine rings is 1. The van der Waals surface area contributed by atoms with Crippen LogP contribution in [0.15, 0.2) is 6.20 Å². The highest BCUT2D eigenvalue weighted by atomic mass is 35.5. The Morgan fingerprint density at radius 3 is 2.66 bits per heavy atom. The molecule has 0 N–H and O–H groups in total. The average Bonchev–Trinajstić information content (AvgIpc) is 3.46. The maximum atomic E-state index is 15.1. The van der Waals surface area contributed by atoms with Crippen LogP contribution in [0.4, 0.5) is 19.4 Å². The van der Waals surface area contributed by atoms with Gasteiger partial charge in [0.25, 0.3) is 0 Å². The number of ether oxygens (including phenoxy) is 2. The summed E-state index contributed by atoms with van der Waals surface area (Å²) in [4.78, 5) is 32.0. The summed E-state index contributed by atoms with van der Waals surface area (Å²) in [6.07, 6.45) is 4.20. The maximum Gasteiger partial charge on any atom is 0.410 e. The molecule has 4 atom stereocenters. The van der Waals surface area contributed by atoms with Crippen LogP contribution in [-0.4, -0.2) is 93.0 Å². The number of carbonyl (C=O) groups is 1. The summed E-state index contributed by atoms with van der Waals surface area (Å²) in [5, 5.41) is 0.147. The molecule has 206 valence electrons. The first-order chi connectivity index (χ1) is 18.0. The number of carbonyl (C=O) groups excluding carboxylic acids is 1. The molecule has 0 aromatic carbocycles. The van der Waals surface area contributed by atoms with Crippen molar-refractivity contribution in [2.75, 3.05) is 37.7 Å². The summed E-state index contributed by atoms with van der Waals surface area (Å²) in [7, 11) is 0. The minimum absolute atomic E-state index is 0.0270. The van der Waals surface area contributed by atoms with E-state index in [9.17, 15) is 9.18 Å². The van der Waals surface area contributed by atoms with Gasteiger partial charge in [-0.15, -0.1) is 0 Å². The molecule has 3 unspecified atom stereocenters. The van der Waals surface area contributed by atoms with E-state index < -0.39 is 17.6 Å². The van der Waals surface area contributed by atoms with Crippen molar-refractivity contribution in [2.45, 2.75) is 82.3 Å². The number of piperazine rings is 1. The number of alkyl halides is 1. The van der Waals surface area contributed by atoms with Gasteiger partial charge in [-0.05, 0) is 53.0 Å². The van der Waals surface area contributed by atoms with E-state index in [0.717, 1.165) is 32.2 Å². The predicted molar refractivity (Wildman–Crippen MR) is 138 cm³/mol. The van der Waals surface area contributed by atoms with Crippen LogP contribution in [0.2, 0.25) is 5.15 Å². The summed E-state index contributed by atoms with van der Waals surface area (Å²) in [6, 6.07) is -0.0953. The normalized spacial score (nSPS) is 29.3. The van der Waals surface area contributed by atoms with Gasteiger partial charge in [0.05, 0.1) is 23.0 Å². The van der Waals surface area contributed by atoms with Gasteiger partial charge in [0.1, 0.15) is 29.7 Å². The van der Waals surface area contributed by atoms with Crippen LogP contribution >= 0.6 is 11.6 Å². The number of anilines is 1. The molecule has 12 heteroatoms. The van der Waals surface area contributed by atoms with E-state index >= 15 is 4.39 Å². The van der Waals surface area contributed by atoms with E-state index in [4.69, 9.17) is 26.1 Å². The second-order valence-corrected chi connectivity index (χ2v) is 12.4. The molecule has 4 aliphatic heterocycles. The Balaban J connectivity index is 1.30. The molecule has 0 aliphatic carbocycles. The Labute approximate surface area is 225 Å². The van der Waals surface area contributed by atoms with Crippen LogP contribution in [-0.2, 0) is 4.74 Å². The summed E-state index contributed by atoms with van der Waals surface area (Å²) >= 11 is 6.00. The summed E-state index contributed by atoms with van der Waals surface area (Å²) < 4.78 is 41.1. The number of rotatable bonds is 4. The minimum atomic E-state index is -0.883. The quantitative estimate of drug-likeness (QED) is 0.519. The second kappa shape index (κ2) is 9.29. The van der Waals surface area contributed by atoms with E-state index in [2.05, 4.69) is 14.9 Å². The standard InChI is InChI=1S/C26H33ClF2N6O3/c1-25(2,3)38-24(36)35-16-5-6-17(35)13-33(12-16)22-18-10-30-21(27)19(29)20(18)31-23(32-22)37-14-26-7-4-8-34(26)11-15(28)9-26/h10,15-17H,4-9,11-14H2,1-3H3/t15?,16?,17?,26-/m0/s1. The van der Waals surface area contributed by atoms with Crippen molar-refractivity contribution in [1.82, 2.24) is 24.8 Å². The van der Waals surface area contributed by atoms with Crippen LogP contribution in [0.5, 0.6) is 6.01 Å². The minimum Gasteiger partial charge on any atom is -0.461 e. The van der Waals surface area contributed by atoms with Crippen molar-refractivity contribution < 1.29 is 23.0 Å². The Bertz CT molecular complexity index is 1250. The third-order valence-corrected chi connectivity index (χ3v) is 8.48. The molecule has 0 radical (unpaired) electrons. The van der Waals surface area contributed by atoms with Gasteiger partial charge in [0.2, 0.25) is 0 Å². The van der Waals surface area contributed by atoms with Gasteiger partial charge in [-0.1, -0.05) is 11.6 Å². The smallest absolute Gasteiger partial charge is 0.410 e. The Morgan fingerprint density at radius 1 is 1.21 bits per heavy atom. The number of amides is 1. The molecule has 2 bridgehead atoms. The molecule has 1 amide bonds. The van der Waals surface area contributed by atoms with Crippen LogP contribution in [0, 0.1) is 5.82 Å². The molecule has 6 rings (SSSR count). The fourth-order valence-corrected chi connectivity index (χ4v) is 6.78. The van der Waals surface area contributed by atoms with Crippen molar-refractivity contribution in [3.05, 3.63) is 17.2 Å². The molecule has 0 spiro atoms. The third kappa shape index (κ3) is 4.51. The summed E-state index contributed by atoms with van der Waals surface area (Å²) in [5.41, 5.74) is -0.937. The Morgan fingerprint density at radius 2 is 1.95 bits per heavy atom. The first kappa shape index (κ1) is 25.7. The van der Waals surface area contributed by atoms with Crippen LogP contribution < -0.4 is 9.64 Å². The largest absolute Gasteiger partial charge is 0.461 e. The number of halogens is 3. The van der Waals surface area contributed by atoms with Gasteiger partial charge in [0, 0.05) is 32.3 Å². The number of hydrogen-bond acceptors (Lipinski definition) is 8. The number of nitrogens with zero attached hydrogens (tertiary/aromatic N) is 6. The summed E-state index contributed by atoms with van der Waals surface area (Å²) in [6.45, 7) is 8.06. The highest BCUT2D eigenvalue weighted by molar-refractivity contribution is 6.30. The van der Waals surface area contributed by atoms with Gasteiger partial charge in [0.15, 0.2) is 11.0 Å². The molecule has 2 aromatic heterocycles. The monoisotopic (exact) mass is 550 g/mol. The number of fused-ring (bicyclic) bond motifs is 4. The van der Waals surface area contributed by atoms with Gasteiger partial charge in [-0.2, -0.15) is 9.97 Å². The maximum absolute atomic E-state index is 15.1.